The van der Waals surface area contributed by atoms with Crippen molar-refractivity contribution >= 4 is 45.8 Å². The minimum absolute atomic E-state index is 0.0232. The highest BCUT2D eigenvalue weighted by molar-refractivity contribution is 7.91. The van der Waals surface area contributed by atoms with E-state index in [1.54, 1.807) is 32.9 Å². The van der Waals surface area contributed by atoms with E-state index in [9.17, 15) is 41.6 Å². The lowest BCUT2D eigenvalue weighted by atomic mass is 9.95. The lowest BCUT2D eigenvalue weighted by Gasteiger charge is -2.31. The molecule has 16 nitrogen and oxygen atoms in total. The second kappa shape index (κ2) is 15.7. The summed E-state index contributed by atoms with van der Waals surface area (Å²) in [6.07, 6.45) is 0.0972. The average molecular weight is 803 g/mol. The van der Waals surface area contributed by atoms with Crippen LogP contribution >= 0.6 is 0 Å². The minimum atomic E-state index is -3.99. The number of sulfonamides is 1. The van der Waals surface area contributed by atoms with Gasteiger partial charge in [0.1, 0.15) is 35.1 Å². The zero-order chi connectivity index (χ0) is 40.7. The van der Waals surface area contributed by atoms with Crippen LogP contribution in [0.25, 0.3) is 0 Å². The van der Waals surface area contributed by atoms with Crippen LogP contribution in [0.5, 0.6) is 0 Å². The molecule has 5 aliphatic rings. The Morgan fingerprint density at radius 2 is 1.79 bits per heavy atom. The van der Waals surface area contributed by atoms with Crippen LogP contribution in [-0.2, 0) is 51.8 Å². The molecule has 3 aliphatic heterocycles. The van der Waals surface area contributed by atoms with Crippen molar-refractivity contribution in [1.82, 2.24) is 30.1 Å². The molecule has 0 spiro atoms. The molecule has 6 atom stereocenters. The van der Waals surface area contributed by atoms with Crippen LogP contribution in [0.3, 0.4) is 0 Å². The fraction of sp³-hybridized carbons (Fsp3) is 0.632. The zero-order valence-electron chi connectivity index (χ0n) is 32.2. The molecular weight excluding hydrogens is 752 g/mol. The molecule has 18 heteroatoms. The van der Waals surface area contributed by atoms with E-state index in [1.807, 2.05) is 6.92 Å². The Morgan fingerprint density at radius 3 is 2.45 bits per heavy atom. The molecule has 2 saturated carbocycles. The van der Waals surface area contributed by atoms with Crippen LogP contribution in [0.4, 0.5) is 14.0 Å². The topological polar surface area (TPSA) is 201 Å². The number of carbonyl (C=O) groups is 6. The molecule has 2 aliphatic carbocycles. The molecule has 2 unspecified atom stereocenters. The van der Waals surface area contributed by atoms with Crippen molar-refractivity contribution in [3.8, 4) is 0 Å². The maximum atomic E-state index is 14.6. The largest absolute Gasteiger partial charge is 0.444 e. The van der Waals surface area contributed by atoms with E-state index >= 15 is 0 Å². The van der Waals surface area contributed by atoms with E-state index in [2.05, 4.69) is 21.9 Å². The molecule has 3 heterocycles. The zero-order valence-corrected chi connectivity index (χ0v) is 33.0. The van der Waals surface area contributed by atoms with Gasteiger partial charge in [-0.3, -0.25) is 28.8 Å². The van der Waals surface area contributed by atoms with Crippen LogP contribution < -0.4 is 15.4 Å². The van der Waals surface area contributed by atoms with E-state index < -0.39 is 92.2 Å². The smallest absolute Gasteiger partial charge is 0.410 e. The van der Waals surface area contributed by atoms with Gasteiger partial charge in [-0.2, -0.15) is 0 Å². The first-order valence-electron chi connectivity index (χ1n) is 19.1. The van der Waals surface area contributed by atoms with E-state index in [0.29, 0.717) is 36.8 Å². The summed E-state index contributed by atoms with van der Waals surface area (Å²) in [7, 11) is -3.99. The van der Waals surface area contributed by atoms with Crippen molar-refractivity contribution in [3.05, 3.63) is 47.8 Å². The maximum absolute atomic E-state index is 14.6. The number of nitrogens with one attached hydrogen (secondary N) is 3. The first kappa shape index (κ1) is 40.9. The van der Waals surface area contributed by atoms with Crippen LogP contribution in [-0.4, -0.2) is 113 Å². The molecule has 306 valence electrons. The molecule has 0 bridgehead atoms. The Labute approximate surface area is 325 Å². The van der Waals surface area contributed by atoms with Crippen molar-refractivity contribution in [3.63, 3.8) is 0 Å². The Morgan fingerprint density at radius 1 is 1.05 bits per heavy atom. The summed E-state index contributed by atoms with van der Waals surface area (Å²) < 4.78 is 53.8. The average Bonchev–Trinajstić information content (AvgIpc) is 4.02. The number of ether oxygens (including phenoxy) is 2. The summed E-state index contributed by atoms with van der Waals surface area (Å²) in [5.41, 5.74) is -1.56. The number of halogens is 1. The number of carbonyl (C=O) groups excluding carboxylic acids is 6. The summed E-state index contributed by atoms with van der Waals surface area (Å²) in [5.74, 6) is -3.89. The van der Waals surface area contributed by atoms with Crippen molar-refractivity contribution < 1.29 is 51.0 Å². The van der Waals surface area contributed by atoms with Gasteiger partial charge < -0.3 is 29.9 Å². The van der Waals surface area contributed by atoms with Gasteiger partial charge in [-0.1, -0.05) is 25.6 Å². The van der Waals surface area contributed by atoms with Crippen molar-refractivity contribution in [2.75, 3.05) is 19.6 Å². The third-order valence-corrected chi connectivity index (χ3v) is 13.0. The second-order valence-electron chi connectivity index (χ2n) is 16.6. The highest BCUT2D eigenvalue weighted by atomic mass is 32.2. The van der Waals surface area contributed by atoms with E-state index in [4.69, 9.17) is 9.47 Å². The molecule has 2 saturated heterocycles. The lowest BCUT2D eigenvalue weighted by Crippen LogP contribution is -2.59. The van der Waals surface area contributed by atoms with Crippen molar-refractivity contribution in [1.29, 1.82) is 0 Å². The Balaban J connectivity index is 1.31. The van der Waals surface area contributed by atoms with Gasteiger partial charge in [-0.15, -0.1) is 0 Å². The summed E-state index contributed by atoms with van der Waals surface area (Å²) in [6, 6.07) is 1.91. The normalized spacial score (nSPS) is 28.4. The monoisotopic (exact) mass is 802 g/mol. The van der Waals surface area contributed by atoms with E-state index in [0.717, 1.165) is 6.08 Å². The number of hydrogen-bond acceptors (Lipinski definition) is 10. The lowest BCUT2D eigenvalue weighted by molar-refractivity contribution is -0.141. The Bertz CT molecular complexity index is 1900. The van der Waals surface area contributed by atoms with Gasteiger partial charge in [0.05, 0.1) is 18.3 Å². The van der Waals surface area contributed by atoms with E-state index in [1.165, 1.54) is 20.8 Å². The number of amides is 6. The number of hydrogen-bond donors (Lipinski definition) is 3. The third-order valence-electron chi connectivity index (χ3n) is 11.2. The fourth-order valence-corrected chi connectivity index (χ4v) is 9.35. The van der Waals surface area contributed by atoms with E-state index in [-0.39, 0.29) is 57.9 Å². The summed E-state index contributed by atoms with van der Waals surface area (Å²) in [4.78, 5) is 86.3. The quantitative estimate of drug-likeness (QED) is 0.359. The predicted molar refractivity (Wildman–Crippen MR) is 198 cm³/mol. The summed E-state index contributed by atoms with van der Waals surface area (Å²) in [6.45, 7) is 10.5. The Hall–Kier alpha value is -4.74. The van der Waals surface area contributed by atoms with Gasteiger partial charge in [0.15, 0.2) is 0 Å². The minimum Gasteiger partial charge on any atom is -0.444 e. The van der Waals surface area contributed by atoms with Gasteiger partial charge in [-0.05, 0) is 88.8 Å². The second-order valence-corrected chi connectivity index (χ2v) is 18.5. The summed E-state index contributed by atoms with van der Waals surface area (Å²) >= 11 is 0. The first-order valence-corrected chi connectivity index (χ1v) is 20.7. The standard InChI is InChI=1S/C38H51FN6O10S/c1-6-31(46)43-15-8-9-22(2)27-18-38(27,34(49)42-56(52,53)25-12-13-25)41-32(47)30-17-24(54-36(51)44-19-23-10-7-11-28(39)26(23)21-44)20-45(30)33(48)29(14-16-43)40-35(50)55-37(3,4)5/h6-7,10-11,22,24-25,27,29-30H,1,8-9,12-21H2,2-5H3,(H,40,50)(H,41,47)(H,42,49)/t22?,24-,27+,29+,30?,38-/m1/s1. The molecule has 56 heavy (non-hydrogen) atoms. The predicted octanol–water partition coefficient (Wildman–Crippen LogP) is 2.46. The van der Waals surface area contributed by atoms with Gasteiger partial charge in [0, 0.05) is 31.6 Å². The number of benzene rings is 1. The van der Waals surface area contributed by atoms with Gasteiger partial charge in [0.2, 0.25) is 27.7 Å². The molecule has 0 radical (unpaired) electrons. The molecular formula is C38H51FN6O10S. The van der Waals surface area contributed by atoms with Crippen molar-refractivity contribution in [2.45, 2.75) is 120 Å². The first-order chi connectivity index (χ1) is 26.3. The Kier molecular flexibility index (Phi) is 11.4. The van der Waals surface area contributed by atoms with Crippen LogP contribution in [0.2, 0.25) is 0 Å². The molecule has 6 rings (SSSR count). The highest BCUT2D eigenvalue weighted by Crippen LogP contribution is 2.51. The number of rotatable bonds is 6. The molecule has 1 aromatic rings. The van der Waals surface area contributed by atoms with Gasteiger partial charge >= 0.3 is 12.2 Å². The molecule has 0 aromatic heterocycles. The SMILES string of the molecule is C=CC(=O)N1CCCC(C)[C@@H]2C[C@@]2(C(=O)NS(=O)(=O)C2CC2)NC(=O)C2C[C@@H](OC(=O)N3Cc4cccc(F)c4C3)CN2C(=O)[C@@H](NC(=O)OC(C)(C)C)CC1. The highest BCUT2D eigenvalue weighted by Gasteiger charge is 2.64. The third kappa shape index (κ3) is 8.94. The maximum Gasteiger partial charge on any atom is 0.410 e. The molecule has 3 N–H and O–H groups in total. The summed E-state index contributed by atoms with van der Waals surface area (Å²) in [5, 5.41) is 4.72. The number of nitrogens with zero attached hydrogens (tertiary/aromatic N) is 3. The van der Waals surface area contributed by atoms with Crippen molar-refractivity contribution in [2.24, 2.45) is 11.8 Å². The van der Waals surface area contributed by atoms with Gasteiger partial charge in [-0.25, -0.2) is 22.4 Å². The molecule has 6 amide bonds. The number of fused-ring (bicyclic) bond motifs is 3. The van der Waals surface area contributed by atoms with Crippen LogP contribution in [0.1, 0.15) is 83.8 Å². The fourth-order valence-electron chi connectivity index (χ4n) is 7.98. The van der Waals surface area contributed by atoms with Crippen LogP contribution in [0.15, 0.2) is 30.9 Å². The molecule has 4 fully saturated rings. The van der Waals surface area contributed by atoms with Crippen LogP contribution in [0, 0.1) is 17.7 Å². The number of alkyl carbamates (subject to hydrolysis) is 1. The molecule has 1 aromatic carbocycles. The van der Waals surface area contributed by atoms with Gasteiger partial charge in [0.25, 0.3) is 5.91 Å².